The first-order chi connectivity index (χ1) is 7.72. The van der Waals surface area contributed by atoms with E-state index >= 15 is 0 Å². The summed E-state index contributed by atoms with van der Waals surface area (Å²) in [6, 6.07) is 8.86. The smallest absolute Gasteiger partial charge is 0.334 e. The van der Waals surface area contributed by atoms with Crippen molar-refractivity contribution in [3.63, 3.8) is 0 Å². The van der Waals surface area contributed by atoms with Gasteiger partial charge in [-0.2, -0.15) is 0 Å². The largest absolute Gasteiger partial charge is 0.427 e. The van der Waals surface area contributed by atoms with E-state index in [2.05, 4.69) is 0 Å². The normalized spacial score (nSPS) is 21.4. The van der Waals surface area contributed by atoms with Gasteiger partial charge in [0.25, 0.3) is 0 Å². The van der Waals surface area contributed by atoms with Gasteiger partial charge in [0.1, 0.15) is 0 Å². The van der Waals surface area contributed by atoms with Gasteiger partial charge in [-0.3, -0.25) is 0 Å². The molecule has 0 N–H and O–H groups in total. The molecule has 0 aromatic heterocycles. The Morgan fingerprint density at radius 3 is 2.62 bits per heavy atom. The molecule has 1 heterocycles. The van der Waals surface area contributed by atoms with Crippen LogP contribution in [0.2, 0.25) is 0 Å². The molecule has 1 aromatic carbocycles. The summed E-state index contributed by atoms with van der Waals surface area (Å²) < 4.78 is 21.8. The van der Waals surface area contributed by atoms with Crippen molar-refractivity contribution in [3.8, 4) is 0 Å². The Hall–Kier alpha value is -1.46. The first kappa shape index (κ1) is 11.0. The van der Waals surface area contributed by atoms with E-state index in [0.29, 0.717) is 9.80 Å². The summed E-state index contributed by atoms with van der Waals surface area (Å²) in [6.45, 7) is 0. The van der Waals surface area contributed by atoms with Crippen LogP contribution in [0.4, 0.5) is 0 Å². The molecule has 0 aliphatic carbocycles. The molecule has 1 aromatic rings. The summed E-state index contributed by atoms with van der Waals surface area (Å²) >= 11 is 0. The van der Waals surface area contributed by atoms with Gasteiger partial charge in [-0.25, -0.2) is 9.00 Å². The molecule has 4 nitrogen and oxygen atoms in total. The van der Waals surface area contributed by atoms with E-state index in [4.69, 9.17) is 9.47 Å². The van der Waals surface area contributed by atoms with Crippen molar-refractivity contribution >= 4 is 16.8 Å². The van der Waals surface area contributed by atoms with Gasteiger partial charge >= 0.3 is 5.97 Å². The lowest BCUT2D eigenvalue weighted by Crippen LogP contribution is -2.16. The van der Waals surface area contributed by atoms with Crippen LogP contribution in [0.1, 0.15) is 0 Å². The summed E-state index contributed by atoms with van der Waals surface area (Å²) in [5.74, 6) is -0.522. The molecule has 2 atom stereocenters. The summed E-state index contributed by atoms with van der Waals surface area (Å²) in [4.78, 5) is 12.0. The van der Waals surface area contributed by atoms with Crippen LogP contribution in [0, 0.1) is 0 Å². The highest BCUT2D eigenvalue weighted by atomic mass is 32.2. The predicted molar refractivity (Wildman–Crippen MR) is 57.8 cm³/mol. The third-order valence-electron chi connectivity index (χ3n) is 2.10. The number of carbonyl (C=O) groups excluding carboxylic acids is 1. The molecule has 1 aliphatic heterocycles. The minimum absolute atomic E-state index is 0.346. The van der Waals surface area contributed by atoms with Crippen molar-refractivity contribution in [1.82, 2.24) is 0 Å². The Morgan fingerprint density at radius 1 is 1.31 bits per heavy atom. The molecule has 0 amide bonds. The maximum absolute atomic E-state index is 12.1. The maximum atomic E-state index is 12.1. The average molecular weight is 238 g/mol. The zero-order valence-electron chi connectivity index (χ0n) is 8.58. The van der Waals surface area contributed by atoms with E-state index in [9.17, 15) is 9.00 Å². The number of benzene rings is 1. The molecule has 84 valence electrons. The van der Waals surface area contributed by atoms with Gasteiger partial charge in [0.05, 0.1) is 15.7 Å². The molecular weight excluding hydrogens is 228 g/mol. The van der Waals surface area contributed by atoms with Gasteiger partial charge in [-0.1, -0.05) is 18.2 Å². The molecule has 0 radical (unpaired) electrons. The summed E-state index contributed by atoms with van der Waals surface area (Å²) in [5.41, 5.74) is 0. The summed E-state index contributed by atoms with van der Waals surface area (Å²) in [7, 11) is -0.0170. The van der Waals surface area contributed by atoms with Crippen molar-refractivity contribution in [3.05, 3.63) is 41.3 Å². The lowest BCUT2D eigenvalue weighted by atomic mass is 10.4. The standard InChI is InChI=1S/C11H10O4S/c1-14-11-9(7-10(12)15-11)16(13)8-5-3-2-4-6-8/h2-7,11H,1H3/t11-,16?/m0/s1. The predicted octanol–water partition coefficient (Wildman–Crippen LogP) is 1.21. The Bertz CT molecular complexity index is 452. The van der Waals surface area contributed by atoms with E-state index in [1.807, 2.05) is 6.07 Å². The van der Waals surface area contributed by atoms with Crippen LogP contribution in [0.5, 0.6) is 0 Å². The zero-order chi connectivity index (χ0) is 11.5. The summed E-state index contributed by atoms with van der Waals surface area (Å²) in [5, 5.41) is 0. The summed E-state index contributed by atoms with van der Waals surface area (Å²) in [6.07, 6.45) is 0.380. The van der Waals surface area contributed by atoms with Gasteiger partial charge in [-0.15, -0.1) is 0 Å². The quantitative estimate of drug-likeness (QED) is 0.743. The number of cyclic esters (lactones) is 1. The fourth-order valence-corrected chi connectivity index (χ4v) is 2.57. The van der Waals surface area contributed by atoms with Gasteiger partial charge < -0.3 is 9.47 Å². The molecular formula is C11H10O4S. The van der Waals surface area contributed by atoms with E-state index in [1.54, 1.807) is 24.3 Å². The molecule has 0 saturated heterocycles. The first-order valence-corrected chi connectivity index (χ1v) is 5.79. The molecule has 0 bridgehead atoms. The van der Waals surface area contributed by atoms with Crippen LogP contribution in [-0.4, -0.2) is 23.6 Å². The van der Waals surface area contributed by atoms with Crippen LogP contribution in [0.15, 0.2) is 46.2 Å². The second-order valence-corrected chi connectivity index (χ2v) is 4.61. The minimum atomic E-state index is -1.42. The SMILES string of the molecule is CO[C@H]1OC(=O)C=C1S(=O)c1ccccc1. The fourth-order valence-electron chi connectivity index (χ4n) is 1.37. The van der Waals surface area contributed by atoms with Crippen LogP contribution in [-0.2, 0) is 25.1 Å². The topological polar surface area (TPSA) is 52.6 Å². The molecule has 1 aliphatic rings. The number of rotatable bonds is 3. The number of ether oxygens (including phenoxy) is 2. The third-order valence-corrected chi connectivity index (χ3v) is 3.54. The van der Waals surface area contributed by atoms with Crippen LogP contribution < -0.4 is 0 Å². The average Bonchev–Trinajstić information content (AvgIpc) is 2.70. The maximum Gasteiger partial charge on any atom is 0.334 e. The van der Waals surface area contributed by atoms with Crippen molar-refractivity contribution in [2.75, 3.05) is 7.11 Å². The molecule has 0 fully saturated rings. The van der Waals surface area contributed by atoms with Gasteiger partial charge in [0.15, 0.2) is 0 Å². The monoisotopic (exact) mass is 238 g/mol. The molecule has 5 heteroatoms. The highest BCUT2D eigenvalue weighted by Crippen LogP contribution is 2.24. The van der Waals surface area contributed by atoms with Crippen molar-refractivity contribution in [2.24, 2.45) is 0 Å². The van der Waals surface area contributed by atoms with Crippen LogP contribution in [0.3, 0.4) is 0 Å². The van der Waals surface area contributed by atoms with Crippen LogP contribution in [0.25, 0.3) is 0 Å². The second-order valence-electron chi connectivity index (χ2n) is 3.13. The van der Waals surface area contributed by atoms with Crippen molar-refractivity contribution < 1.29 is 18.5 Å². The van der Waals surface area contributed by atoms with Gasteiger partial charge in [-0.05, 0) is 12.1 Å². The van der Waals surface area contributed by atoms with E-state index in [1.165, 1.54) is 13.2 Å². The molecule has 2 rings (SSSR count). The van der Waals surface area contributed by atoms with Crippen LogP contribution >= 0.6 is 0 Å². The zero-order valence-corrected chi connectivity index (χ0v) is 9.40. The van der Waals surface area contributed by atoms with E-state index in [-0.39, 0.29) is 0 Å². The Balaban J connectivity index is 2.29. The first-order valence-electron chi connectivity index (χ1n) is 4.64. The minimum Gasteiger partial charge on any atom is -0.427 e. The fraction of sp³-hybridized carbons (Fsp3) is 0.182. The molecule has 0 saturated carbocycles. The highest BCUT2D eigenvalue weighted by Gasteiger charge is 2.30. The highest BCUT2D eigenvalue weighted by molar-refractivity contribution is 7.89. The Morgan fingerprint density at radius 2 is 2.00 bits per heavy atom. The molecule has 1 unspecified atom stereocenters. The molecule has 0 spiro atoms. The van der Waals surface area contributed by atoms with E-state index < -0.39 is 23.1 Å². The number of hydrogen-bond donors (Lipinski definition) is 0. The Labute approximate surface area is 95.3 Å². The number of methoxy groups -OCH3 is 1. The third kappa shape index (κ3) is 2.05. The second kappa shape index (κ2) is 4.59. The van der Waals surface area contributed by atoms with Crippen molar-refractivity contribution in [1.29, 1.82) is 0 Å². The van der Waals surface area contributed by atoms with E-state index in [0.717, 1.165) is 0 Å². The van der Waals surface area contributed by atoms with Gasteiger partial charge in [0.2, 0.25) is 6.29 Å². The number of esters is 1. The van der Waals surface area contributed by atoms with Crippen molar-refractivity contribution in [2.45, 2.75) is 11.2 Å². The lowest BCUT2D eigenvalue weighted by molar-refractivity contribution is -0.154. The van der Waals surface area contributed by atoms with Gasteiger partial charge in [0, 0.05) is 18.1 Å². The number of carbonyl (C=O) groups is 1. The lowest BCUT2D eigenvalue weighted by Gasteiger charge is -2.11. The number of hydrogen-bond acceptors (Lipinski definition) is 4. The molecule has 16 heavy (non-hydrogen) atoms. The Kier molecular flexibility index (Phi) is 3.17.